The molecular formula is C15H23BrN2. The van der Waals surface area contributed by atoms with Crippen molar-refractivity contribution in [2.75, 3.05) is 11.4 Å². The SMILES string of the molecule is Cc1cc(CBr)cnc1N(CCC(C)C)C1CC1. The van der Waals surface area contributed by atoms with Crippen LogP contribution in [0.4, 0.5) is 5.82 Å². The minimum atomic E-state index is 0.741. The summed E-state index contributed by atoms with van der Waals surface area (Å²) >= 11 is 3.49. The molecule has 1 saturated carbocycles. The molecule has 0 atom stereocenters. The van der Waals surface area contributed by atoms with Gasteiger partial charge in [-0.2, -0.15) is 0 Å². The summed E-state index contributed by atoms with van der Waals surface area (Å²) in [5.41, 5.74) is 2.57. The maximum atomic E-state index is 4.68. The van der Waals surface area contributed by atoms with Gasteiger partial charge in [0.25, 0.3) is 0 Å². The Labute approximate surface area is 119 Å². The second kappa shape index (κ2) is 6.05. The predicted molar refractivity (Wildman–Crippen MR) is 81.4 cm³/mol. The fourth-order valence-electron chi connectivity index (χ4n) is 2.24. The summed E-state index contributed by atoms with van der Waals surface area (Å²) in [5, 5.41) is 0.885. The van der Waals surface area contributed by atoms with Gasteiger partial charge in [0.1, 0.15) is 5.82 Å². The van der Waals surface area contributed by atoms with Gasteiger partial charge in [0, 0.05) is 24.1 Å². The van der Waals surface area contributed by atoms with E-state index in [9.17, 15) is 0 Å². The molecule has 18 heavy (non-hydrogen) atoms. The molecule has 1 aromatic rings. The molecule has 0 aliphatic heterocycles. The minimum Gasteiger partial charge on any atom is -0.353 e. The fourth-order valence-corrected chi connectivity index (χ4v) is 2.55. The summed E-state index contributed by atoms with van der Waals surface area (Å²) in [6, 6.07) is 2.99. The number of aromatic nitrogens is 1. The largest absolute Gasteiger partial charge is 0.353 e. The molecule has 0 radical (unpaired) electrons. The van der Waals surface area contributed by atoms with Gasteiger partial charge in [0.2, 0.25) is 0 Å². The van der Waals surface area contributed by atoms with E-state index in [4.69, 9.17) is 0 Å². The zero-order valence-corrected chi connectivity index (χ0v) is 13.2. The lowest BCUT2D eigenvalue weighted by atomic mass is 10.1. The van der Waals surface area contributed by atoms with Crippen LogP contribution in [-0.4, -0.2) is 17.6 Å². The Balaban J connectivity index is 2.14. The first-order valence-corrected chi connectivity index (χ1v) is 8.02. The van der Waals surface area contributed by atoms with Gasteiger partial charge in [-0.25, -0.2) is 4.98 Å². The number of alkyl halides is 1. The van der Waals surface area contributed by atoms with E-state index in [1.54, 1.807) is 0 Å². The molecule has 0 N–H and O–H groups in total. The third-order valence-electron chi connectivity index (χ3n) is 3.47. The third kappa shape index (κ3) is 3.47. The smallest absolute Gasteiger partial charge is 0.131 e. The average Bonchev–Trinajstić information content (AvgIpc) is 3.15. The number of nitrogens with zero attached hydrogens (tertiary/aromatic N) is 2. The van der Waals surface area contributed by atoms with Crippen molar-refractivity contribution in [1.82, 2.24) is 4.98 Å². The number of aryl methyl sites for hydroxylation is 1. The van der Waals surface area contributed by atoms with Crippen molar-refractivity contribution in [2.24, 2.45) is 5.92 Å². The quantitative estimate of drug-likeness (QED) is 0.728. The van der Waals surface area contributed by atoms with Crippen molar-refractivity contribution >= 4 is 21.7 Å². The fraction of sp³-hybridized carbons (Fsp3) is 0.667. The zero-order valence-electron chi connectivity index (χ0n) is 11.6. The lowest BCUT2D eigenvalue weighted by Gasteiger charge is -2.26. The summed E-state index contributed by atoms with van der Waals surface area (Å²) in [7, 11) is 0. The molecule has 1 fully saturated rings. The van der Waals surface area contributed by atoms with Crippen LogP contribution in [0.1, 0.15) is 44.2 Å². The highest BCUT2D eigenvalue weighted by atomic mass is 79.9. The number of hydrogen-bond donors (Lipinski definition) is 0. The van der Waals surface area contributed by atoms with Crippen molar-refractivity contribution in [3.63, 3.8) is 0 Å². The van der Waals surface area contributed by atoms with Gasteiger partial charge < -0.3 is 4.90 Å². The van der Waals surface area contributed by atoms with Gasteiger partial charge in [-0.1, -0.05) is 35.8 Å². The van der Waals surface area contributed by atoms with Gasteiger partial charge in [-0.05, 0) is 43.2 Å². The highest BCUT2D eigenvalue weighted by Crippen LogP contribution is 2.33. The first kappa shape index (κ1) is 13.9. The Morgan fingerprint density at radius 1 is 1.44 bits per heavy atom. The highest BCUT2D eigenvalue weighted by Gasteiger charge is 2.30. The monoisotopic (exact) mass is 310 g/mol. The average molecular weight is 311 g/mol. The molecule has 1 aliphatic rings. The van der Waals surface area contributed by atoms with E-state index in [1.165, 1.54) is 36.2 Å². The van der Waals surface area contributed by atoms with Crippen LogP contribution < -0.4 is 4.90 Å². The first-order valence-electron chi connectivity index (χ1n) is 6.90. The lowest BCUT2D eigenvalue weighted by Crippen LogP contribution is -2.29. The Hall–Kier alpha value is -0.570. The van der Waals surface area contributed by atoms with Crippen LogP contribution in [0.5, 0.6) is 0 Å². The van der Waals surface area contributed by atoms with E-state index in [0.717, 1.165) is 23.8 Å². The molecule has 2 rings (SSSR count). The Morgan fingerprint density at radius 2 is 2.17 bits per heavy atom. The van der Waals surface area contributed by atoms with Crippen molar-refractivity contribution in [3.05, 3.63) is 23.4 Å². The van der Waals surface area contributed by atoms with E-state index in [1.807, 2.05) is 6.20 Å². The van der Waals surface area contributed by atoms with Crippen LogP contribution in [0.2, 0.25) is 0 Å². The molecule has 1 heterocycles. The number of hydrogen-bond acceptors (Lipinski definition) is 2. The molecule has 1 aliphatic carbocycles. The van der Waals surface area contributed by atoms with E-state index >= 15 is 0 Å². The molecule has 2 nitrogen and oxygen atoms in total. The van der Waals surface area contributed by atoms with E-state index in [0.29, 0.717) is 0 Å². The van der Waals surface area contributed by atoms with Crippen LogP contribution in [0.15, 0.2) is 12.3 Å². The summed E-state index contributed by atoms with van der Waals surface area (Å²) in [4.78, 5) is 7.21. The van der Waals surface area contributed by atoms with Crippen LogP contribution >= 0.6 is 15.9 Å². The second-order valence-corrected chi connectivity index (χ2v) is 6.29. The van der Waals surface area contributed by atoms with Crippen molar-refractivity contribution < 1.29 is 0 Å². The van der Waals surface area contributed by atoms with Gasteiger partial charge >= 0.3 is 0 Å². The van der Waals surface area contributed by atoms with E-state index in [-0.39, 0.29) is 0 Å². The van der Waals surface area contributed by atoms with Gasteiger partial charge in [0.15, 0.2) is 0 Å². The molecule has 3 heteroatoms. The third-order valence-corrected chi connectivity index (χ3v) is 4.12. The number of halogens is 1. The van der Waals surface area contributed by atoms with E-state index in [2.05, 4.69) is 52.7 Å². The van der Waals surface area contributed by atoms with Crippen LogP contribution in [0, 0.1) is 12.8 Å². The van der Waals surface area contributed by atoms with Crippen molar-refractivity contribution in [1.29, 1.82) is 0 Å². The van der Waals surface area contributed by atoms with Crippen molar-refractivity contribution in [3.8, 4) is 0 Å². The maximum absolute atomic E-state index is 4.68. The molecule has 0 bridgehead atoms. The Bertz CT molecular complexity index is 399. The van der Waals surface area contributed by atoms with Gasteiger partial charge in [0.05, 0.1) is 0 Å². The number of rotatable bonds is 6. The summed E-state index contributed by atoms with van der Waals surface area (Å²) < 4.78 is 0. The van der Waals surface area contributed by atoms with Crippen molar-refractivity contribution in [2.45, 2.75) is 51.4 Å². The first-order chi connectivity index (χ1) is 8.61. The molecule has 1 aromatic heterocycles. The number of pyridine rings is 1. The number of anilines is 1. The Morgan fingerprint density at radius 3 is 2.67 bits per heavy atom. The molecule has 0 amide bonds. The normalized spacial score (nSPS) is 15.2. The molecular weight excluding hydrogens is 288 g/mol. The van der Waals surface area contributed by atoms with E-state index < -0.39 is 0 Å². The predicted octanol–water partition coefficient (Wildman–Crippen LogP) is 4.30. The second-order valence-electron chi connectivity index (χ2n) is 5.72. The van der Waals surface area contributed by atoms with Crippen LogP contribution in [-0.2, 0) is 5.33 Å². The molecule has 0 unspecified atom stereocenters. The molecule has 0 aromatic carbocycles. The summed E-state index contributed by atoms with van der Waals surface area (Å²) in [6.07, 6.45) is 5.92. The summed E-state index contributed by atoms with van der Waals surface area (Å²) in [5.74, 6) is 1.95. The molecule has 100 valence electrons. The van der Waals surface area contributed by atoms with Gasteiger partial charge in [-0.15, -0.1) is 0 Å². The maximum Gasteiger partial charge on any atom is 0.131 e. The standard InChI is InChI=1S/C15H23BrN2/c1-11(2)6-7-18(14-4-5-14)15-12(3)8-13(9-16)10-17-15/h8,10-11,14H,4-7,9H2,1-3H3. The molecule has 0 saturated heterocycles. The zero-order chi connectivity index (χ0) is 13.1. The summed E-state index contributed by atoms with van der Waals surface area (Å²) in [6.45, 7) is 7.90. The topological polar surface area (TPSA) is 16.1 Å². The highest BCUT2D eigenvalue weighted by molar-refractivity contribution is 9.08. The van der Waals surface area contributed by atoms with Crippen LogP contribution in [0.3, 0.4) is 0 Å². The molecule has 0 spiro atoms. The minimum absolute atomic E-state index is 0.741. The lowest BCUT2D eigenvalue weighted by molar-refractivity contribution is 0.568. The van der Waals surface area contributed by atoms with Crippen LogP contribution in [0.25, 0.3) is 0 Å². The Kier molecular flexibility index (Phi) is 4.66. The van der Waals surface area contributed by atoms with Gasteiger partial charge in [-0.3, -0.25) is 0 Å².